The van der Waals surface area contributed by atoms with Crippen LogP contribution in [-0.2, 0) is 0 Å². The van der Waals surface area contributed by atoms with E-state index in [1.807, 2.05) is 45.0 Å². The summed E-state index contributed by atoms with van der Waals surface area (Å²) in [5.74, 6) is 7.31. The number of terminal acetylenes is 1. The summed E-state index contributed by atoms with van der Waals surface area (Å²) < 4.78 is 3.26. The molecule has 0 fully saturated rings. The van der Waals surface area contributed by atoms with E-state index in [4.69, 9.17) is 23.2 Å². The van der Waals surface area contributed by atoms with Crippen LogP contribution in [0, 0.1) is 63.2 Å². The second-order valence-corrected chi connectivity index (χ2v) is 9.54. The first kappa shape index (κ1) is 30.4. The van der Waals surface area contributed by atoms with Crippen molar-refractivity contribution in [2.75, 3.05) is 0 Å². The van der Waals surface area contributed by atoms with E-state index in [-0.39, 0.29) is 11.6 Å². The number of benzene rings is 1. The third-order valence-corrected chi connectivity index (χ3v) is 6.42. The SMILES string of the molecule is C#Cc1nc(C(N)=O)n(-c2ccc(C)nc2)c1C.Cc1ccc(-n2c(C(N)=O)nc(C#Cc3cccc(C#N)c3)c2C)cn1. The van der Waals surface area contributed by atoms with E-state index < -0.39 is 11.8 Å². The van der Waals surface area contributed by atoms with Crippen molar-refractivity contribution < 1.29 is 9.59 Å². The van der Waals surface area contributed by atoms with Crippen molar-refractivity contribution in [1.82, 2.24) is 29.1 Å². The number of hydrogen-bond donors (Lipinski definition) is 2. The number of rotatable bonds is 4. The number of carbonyl (C=O) groups excluding carboxylic acids is 2. The Kier molecular flexibility index (Phi) is 8.99. The monoisotopic (exact) mass is 581 g/mol. The molecular weight excluding hydrogens is 554 g/mol. The van der Waals surface area contributed by atoms with Gasteiger partial charge in [-0.1, -0.05) is 12.0 Å². The van der Waals surface area contributed by atoms with Gasteiger partial charge >= 0.3 is 0 Å². The van der Waals surface area contributed by atoms with Crippen molar-refractivity contribution in [2.24, 2.45) is 11.5 Å². The first-order valence-corrected chi connectivity index (χ1v) is 13.2. The zero-order chi connectivity index (χ0) is 32.0. The fourth-order valence-electron chi connectivity index (χ4n) is 4.20. The van der Waals surface area contributed by atoms with Gasteiger partial charge in [-0.05, 0) is 82.0 Å². The van der Waals surface area contributed by atoms with Crippen LogP contribution >= 0.6 is 0 Å². The third kappa shape index (κ3) is 6.52. The van der Waals surface area contributed by atoms with Gasteiger partial charge in [-0.15, -0.1) is 6.42 Å². The fourth-order valence-corrected chi connectivity index (χ4v) is 4.20. The number of aromatic nitrogens is 6. The predicted molar refractivity (Wildman–Crippen MR) is 164 cm³/mol. The molecule has 44 heavy (non-hydrogen) atoms. The molecule has 0 radical (unpaired) electrons. The summed E-state index contributed by atoms with van der Waals surface area (Å²) in [7, 11) is 0. The Morgan fingerprint density at radius 2 is 1.25 bits per heavy atom. The van der Waals surface area contributed by atoms with Crippen LogP contribution in [0.5, 0.6) is 0 Å². The average Bonchev–Trinajstić information content (AvgIpc) is 3.53. The van der Waals surface area contributed by atoms with Crippen molar-refractivity contribution in [2.45, 2.75) is 27.7 Å². The summed E-state index contributed by atoms with van der Waals surface area (Å²) in [6.07, 6.45) is 8.65. The topological polar surface area (TPSA) is 171 Å². The zero-order valence-electron chi connectivity index (χ0n) is 24.5. The molecule has 1 aromatic carbocycles. The van der Waals surface area contributed by atoms with E-state index in [1.54, 1.807) is 52.7 Å². The van der Waals surface area contributed by atoms with Crippen LogP contribution in [0.15, 0.2) is 60.9 Å². The van der Waals surface area contributed by atoms with E-state index in [9.17, 15) is 9.59 Å². The van der Waals surface area contributed by atoms with Crippen LogP contribution in [0.25, 0.3) is 11.4 Å². The van der Waals surface area contributed by atoms with E-state index in [0.29, 0.717) is 45.3 Å². The molecule has 4 aromatic heterocycles. The van der Waals surface area contributed by atoms with Crippen LogP contribution in [-0.4, -0.2) is 40.9 Å². The van der Waals surface area contributed by atoms with Gasteiger partial charge in [-0.25, -0.2) is 9.97 Å². The van der Waals surface area contributed by atoms with Crippen LogP contribution in [0.3, 0.4) is 0 Å². The Hall–Kier alpha value is -6.51. The number of imidazole rings is 2. The zero-order valence-corrected chi connectivity index (χ0v) is 24.5. The second kappa shape index (κ2) is 13.0. The lowest BCUT2D eigenvalue weighted by molar-refractivity contribution is 0.0980. The lowest BCUT2D eigenvalue weighted by Crippen LogP contribution is -2.18. The van der Waals surface area contributed by atoms with Gasteiger partial charge in [-0.3, -0.25) is 28.7 Å². The standard InChI is InChI=1S/C20H15N5O.C13H12N4O/c1-13-6-8-17(12-23-13)25-14(2)18(24-20(25)19(22)26)9-7-15-4-3-5-16(10-15)11-21;1-4-11-9(3)17(13(16-11)12(14)18)10-6-5-8(2)15-7-10/h3-6,8,10,12H,1-2H3,(H2,22,26);1,5-7H,2-3H3,(H2,14,18). The maximum absolute atomic E-state index is 11.8. The number of pyridine rings is 2. The molecule has 11 heteroatoms. The Balaban J connectivity index is 0.000000215. The predicted octanol–water partition coefficient (Wildman–Crippen LogP) is 3.22. The number of primary amides is 2. The van der Waals surface area contributed by atoms with Gasteiger partial charge < -0.3 is 11.5 Å². The van der Waals surface area contributed by atoms with Crippen molar-refractivity contribution in [1.29, 1.82) is 5.26 Å². The summed E-state index contributed by atoms with van der Waals surface area (Å²) in [5.41, 5.74) is 17.4. The molecule has 5 rings (SSSR count). The van der Waals surface area contributed by atoms with Crippen LogP contribution in [0.1, 0.15) is 66.5 Å². The summed E-state index contributed by atoms with van der Waals surface area (Å²) >= 11 is 0. The number of nitrogens with two attached hydrogens (primary N) is 2. The highest BCUT2D eigenvalue weighted by molar-refractivity contribution is 5.91. The van der Waals surface area contributed by atoms with Gasteiger partial charge in [0.05, 0.1) is 46.8 Å². The van der Waals surface area contributed by atoms with Crippen molar-refractivity contribution in [3.05, 3.63) is 118 Å². The minimum Gasteiger partial charge on any atom is -0.363 e. The van der Waals surface area contributed by atoms with Crippen molar-refractivity contribution in [3.8, 4) is 41.6 Å². The maximum atomic E-state index is 11.8. The van der Waals surface area contributed by atoms with Crippen molar-refractivity contribution in [3.63, 3.8) is 0 Å². The number of amides is 2. The molecule has 2 amide bonds. The van der Waals surface area contributed by atoms with E-state index in [1.165, 1.54) is 0 Å². The Morgan fingerprint density at radius 1 is 0.750 bits per heavy atom. The van der Waals surface area contributed by atoms with Crippen LogP contribution < -0.4 is 11.5 Å². The molecule has 11 nitrogen and oxygen atoms in total. The number of carbonyl (C=O) groups is 2. The molecule has 0 unspecified atom stereocenters. The highest BCUT2D eigenvalue weighted by Crippen LogP contribution is 2.19. The minimum absolute atomic E-state index is 0.100. The van der Waals surface area contributed by atoms with Crippen LogP contribution in [0.4, 0.5) is 0 Å². The van der Waals surface area contributed by atoms with Gasteiger partial charge in [0.15, 0.2) is 0 Å². The van der Waals surface area contributed by atoms with Gasteiger partial charge in [0.2, 0.25) is 11.6 Å². The normalized spacial score (nSPS) is 9.95. The minimum atomic E-state index is -0.645. The summed E-state index contributed by atoms with van der Waals surface area (Å²) in [6.45, 7) is 7.36. The lowest BCUT2D eigenvalue weighted by atomic mass is 10.1. The number of hydrogen-bond acceptors (Lipinski definition) is 7. The molecular formula is C33H27N9O2. The first-order chi connectivity index (χ1) is 21.0. The average molecular weight is 582 g/mol. The lowest BCUT2D eigenvalue weighted by Gasteiger charge is -2.07. The molecule has 216 valence electrons. The molecule has 0 spiro atoms. The van der Waals surface area contributed by atoms with E-state index in [2.05, 4.69) is 43.8 Å². The largest absolute Gasteiger partial charge is 0.363 e. The highest BCUT2D eigenvalue weighted by Gasteiger charge is 2.19. The number of aryl methyl sites for hydroxylation is 2. The smallest absolute Gasteiger partial charge is 0.285 e. The third-order valence-electron chi connectivity index (χ3n) is 6.42. The van der Waals surface area contributed by atoms with E-state index >= 15 is 0 Å². The van der Waals surface area contributed by atoms with Crippen molar-refractivity contribution >= 4 is 11.8 Å². The summed E-state index contributed by atoms with van der Waals surface area (Å²) in [5, 5.41) is 8.97. The molecule has 0 aliphatic carbocycles. The highest BCUT2D eigenvalue weighted by atomic mass is 16.1. The molecule has 0 aliphatic heterocycles. The molecule has 0 saturated heterocycles. The van der Waals surface area contributed by atoms with Gasteiger partial charge in [0.1, 0.15) is 11.4 Å². The van der Waals surface area contributed by atoms with Crippen LogP contribution in [0.2, 0.25) is 0 Å². The number of nitrogens with zero attached hydrogens (tertiary/aromatic N) is 7. The Morgan fingerprint density at radius 3 is 1.70 bits per heavy atom. The van der Waals surface area contributed by atoms with Gasteiger partial charge in [0.25, 0.3) is 11.8 Å². The Bertz CT molecular complexity index is 2030. The Labute approximate surface area is 254 Å². The molecule has 4 heterocycles. The maximum Gasteiger partial charge on any atom is 0.285 e. The summed E-state index contributed by atoms with van der Waals surface area (Å²) in [4.78, 5) is 40.0. The second-order valence-electron chi connectivity index (χ2n) is 9.54. The van der Waals surface area contributed by atoms with E-state index in [0.717, 1.165) is 11.4 Å². The molecule has 0 bridgehead atoms. The quantitative estimate of drug-likeness (QED) is 0.307. The molecule has 5 aromatic rings. The molecule has 0 atom stereocenters. The fraction of sp³-hybridized carbons (Fsp3) is 0.121. The summed E-state index contributed by atoms with van der Waals surface area (Å²) in [6, 6.07) is 16.4. The first-order valence-electron chi connectivity index (χ1n) is 13.2. The van der Waals surface area contributed by atoms with Gasteiger partial charge in [-0.2, -0.15) is 5.26 Å². The molecule has 0 aliphatic rings. The van der Waals surface area contributed by atoms with Gasteiger partial charge in [0, 0.05) is 17.0 Å². The molecule has 4 N–H and O–H groups in total. The molecule has 0 saturated carbocycles. The number of nitriles is 1.